The molecule has 0 unspecified atom stereocenters. The number of likely N-dealkylation sites (tertiary alicyclic amines) is 1. The van der Waals surface area contributed by atoms with Crippen molar-refractivity contribution in [2.75, 3.05) is 13.1 Å². The molecule has 1 fully saturated rings. The Bertz CT molecular complexity index is 423. The summed E-state index contributed by atoms with van der Waals surface area (Å²) < 4.78 is 0. The van der Waals surface area contributed by atoms with E-state index in [0.29, 0.717) is 13.0 Å². The molecule has 0 saturated carbocycles. The zero-order chi connectivity index (χ0) is 13.2. The summed E-state index contributed by atoms with van der Waals surface area (Å²) in [5.74, 6) is 0.237. The Morgan fingerprint density at radius 1 is 1.28 bits per heavy atom. The molecule has 0 atom stereocenters. The van der Waals surface area contributed by atoms with Gasteiger partial charge in [-0.1, -0.05) is 38.1 Å². The predicted molar refractivity (Wildman–Crippen MR) is 73.0 cm³/mol. The molecule has 1 amide bonds. The topological polar surface area (TPSA) is 46.3 Å². The summed E-state index contributed by atoms with van der Waals surface area (Å²) in [6, 6.07) is 8.00. The third-order valence-electron chi connectivity index (χ3n) is 3.64. The SMILES string of the molecule is CC1(C)CCN(C(=O)Cc2ccc(CN)cc2)C1. The lowest BCUT2D eigenvalue weighted by atomic mass is 9.93. The molecule has 2 rings (SSSR count). The van der Waals surface area contributed by atoms with Crippen molar-refractivity contribution < 1.29 is 4.79 Å². The van der Waals surface area contributed by atoms with E-state index in [9.17, 15) is 4.79 Å². The second-order valence-electron chi connectivity index (χ2n) is 5.93. The fraction of sp³-hybridized carbons (Fsp3) is 0.533. The lowest BCUT2D eigenvalue weighted by Gasteiger charge is -2.19. The molecular weight excluding hydrogens is 224 g/mol. The van der Waals surface area contributed by atoms with Crippen LogP contribution in [-0.2, 0) is 17.8 Å². The molecule has 0 spiro atoms. The van der Waals surface area contributed by atoms with Crippen molar-refractivity contribution in [2.45, 2.75) is 33.2 Å². The van der Waals surface area contributed by atoms with Crippen molar-refractivity contribution in [2.24, 2.45) is 11.1 Å². The van der Waals surface area contributed by atoms with Crippen molar-refractivity contribution >= 4 is 5.91 Å². The molecule has 0 bridgehead atoms. The molecule has 3 heteroatoms. The monoisotopic (exact) mass is 246 g/mol. The summed E-state index contributed by atoms with van der Waals surface area (Å²) in [5, 5.41) is 0. The Hall–Kier alpha value is -1.35. The summed E-state index contributed by atoms with van der Waals surface area (Å²) in [5.41, 5.74) is 8.01. The van der Waals surface area contributed by atoms with E-state index in [2.05, 4.69) is 13.8 Å². The third kappa shape index (κ3) is 3.10. The van der Waals surface area contributed by atoms with Gasteiger partial charge in [0.2, 0.25) is 5.91 Å². The van der Waals surface area contributed by atoms with E-state index in [-0.39, 0.29) is 11.3 Å². The molecule has 0 radical (unpaired) electrons. The molecule has 1 heterocycles. The van der Waals surface area contributed by atoms with Crippen LogP contribution < -0.4 is 5.73 Å². The number of nitrogens with two attached hydrogens (primary N) is 1. The molecule has 0 aromatic heterocycles. The van der Waals surface area contributed by atoms with Crippen LogP contribution in [0.4, 0.5) is 0 Å². The maximum absolute atomic E-state index is 12.2. The number of carbonyl (C=O) groups excluding carboxylic acids is 1. The number of carbonyl (C=O) groups is 1. The molecule has 1 aliphatic rings. The smallest absolute Gasteiger partial charge is 0.227 e. The Kier molecular flexibility index (Phi) is 3.71. The van der Waals surface area contributed by atoms with Gasteiger partial charge in [-0.25, -0.2) is 0 Å². The molecular formula is C15H22N2O. The van der Waals surface area contributed by atoms with Crippen LogP contribution in [-0.4, -0.2) is 23.9 Å². The van der Waals surface area contributed by atoms with Gasteiger partial charge in [0.15, 0.2) is 0 Å². The van der Waals surface area contributed by atoms with Crippen LogP contribution in [0, 0.1) is 5.41 Å². The lowest BCUT2D eigenvalue weighted by molar-refractivity contribution is -0.129. The van der Waals surface area contributed by atoms with Gasteiger partial charge in [0, 0.05) is 19.6 Å². The van der Waals surface area contributed by atoms with Crippen LogP contribution in [0.5, 0.6) is 0 Å². The van der Waals surface area contributed by atoms with Crippen LogP contribution in [0.1, 0.15) is 31.4 Å². The first-order chi connectivity index (χ1) is 8.50. The minimum absolute atomic E-state index is 0.237. The molecule has 1 aromatic rings. The fourth-order valence-corrected chi connectivity index (χ4v) is 2.40. The van der Waals surface area contributed by atoms with E-state index in [1.54, 1.807) is 0 Å². The number of rotatable bonds is 3. The highest BCUT2D eigenvalue weighted by Gasteiger charge is 2.31. The van der Waals surface area contributed by atoms with Crippen LogP contribution >= 0.6 is 0 Å². The van der Waals surface area contributed by atoms with E-state index < -0.39 is 0 Å². The predicted octanol–water partition coefficient (Wildman–Crippen LogP) is 1.95. The normalized spacial score (nSPS) is 18.1. The zero-order valence-corrected chi connectivity index (χ0v) is 11.3. The first-order valence-corrected chi connectivity index (χ1v) is 6.56. The van der Waals surface area contributed by atoms with Gasteiger partial charge in [-0.3, -0.25) is 4.79 Å². The van der Waals surface area contributed by atoms with Crippen LogP contribution in [0.2, 0.25) is 0 Å². The lowest BCUT2D eigenvalue weighted by Crippen LogP contribution is -2.31. The van der Waals surface area contributed by atoms with Crippen molar-refractivity contribution in [3.05, 3.63) is 35.4 Å². The fourth-order valence-electron chi connectivity index (χ4n) is 2.40. The summed E-state index contributed by atoms with van der Waals surface area (Å²) in [6.45, 7) is 6.76. The molecule has 18 heavy (non-hydrogen) atoms. The van der Waals surface area contributed by atoms with Crippen molar-refractivity contribution in [3.63, 3.8) is 0 Å². The Balaban J connectivity index is 1.95. The summed E-state index contributed by atoms with van der Waals surface area (Å²) in [7, 11) is 0. The Morgan fingerprint density at radius 3 is 2.39 bits per heavy atom. The second kappa shape index (κ2) is 5.11. The average molecular weight is 246 g/mol. The number of benzene rings is 1. The molecule has 1 aromatic carbocycles. The van der Waals surface area contributed by atoms with Crippen molar-refractivity contribution in [3.8, 4) is 0 Å². The van der Waals surface area contributed by atoms with Crippen LogP contribution in [0.15, 0.2) is 24.3 Å². The maximum atomic E-state index is 12.2. The van der Waals surface area contributed by atoms with Gasteiger partial charge in [-0.15, -0.1) is 0 Å². The van der Waals surface area contributed by atoms with Gasteiger partial charge >= 0.3 is 0 Å². The summed E-state index contributed by atoms with van der Waals surface area (Å²) >= 11 is 0. The molecule has 1 aliphatic heterocycles. The Labute approximate surface area is 109 Å². The quantitative estimate of drug-likeness (QED) is 0.886. The van der Waals surface area contributed by atoms with Gasteiger partial charge in [0.05, 0.1) is 6.42 Å². The highest BCUT2D eigenvalue weighted by molar-refractivity contribution is 5.79. The molecule has 2 N–H and O–H groups in total. The third-order valence-corrected chi connectivity index (χ3v) is 3.64. The molecule has 98 valence electrons. The van der Waals surface area contributed by atoms with E-state index in [1.165, 1.54) is 0 Å². The van der Waals surface area contributed by atoms with Gasteiger partial charge in [-0.05, 0) is 23.0 Å². The van der Waals surface area contributed by atoms with Gasteiger partial charge in [-0.2, -0.15) is 0 Å². The molecule has 3 nitrogen and oxygen atoms in total. The van der Waals surface area contributed by atoms with Crippen LogP contribution in [0.25, 0.3) is 0 Å². The van der Waals surface area contributed by atoms with E-state index in [4.69, 9.17) is 5.73 Å². The van der Waals surface area contributed by atoms with Gasteiger partial charge in [0.1, 0.15) is 0 Å². The number of amides is 1. The highest BCUT2D eigenvalue weighted by Crippen LogP contribution is 2.29. The standard InChI is InChI=1S/C15H22N2O/c1-15(2)7-8-17(11-15)14(18)9-12-3-5-13(10-16)6-4-12/h3-6H,7-11,16H2,1-2H3. The van der Waals surface area contributed by atoms with Crippen molar-refractivity contribution in [1.82, 2.24) is 4.90 Å². The average Bonchev–Trinajstić information content (AvgIpc) is 2.71. The first-order valence-electron chi connectivity index (χ1n) is 6.56. The van der Waals surface area contributed by atoms with E-state index in [1.807, 2.05) is 29.2 Å². The number of hydrogen-bond donors (Lipinski definition) is 1. The first kappa shape index (κ1) is 13.1. The summed E-state index contributed by atoms with van der Waals surface area (Å²) in [6.07, 6.45) is 1.60. The number of nitrogens with zero attached hydrogens (tertiary/aromatic N) is 1. The second-order valence-corrected chi connectivity index (χ2v) is 5.93. The minimum Gasteiger partial charge on any atom is -0.342 e. The van der Waals surface area contributed by atoms with Crippen molar-refractivity contribution in [1.29, 1.82) is 0 Å². The van der Waals surface area contributed by atoms with Gasteiger partial charge in [0.25, 0.3) is 0 Å². The maximum Gasteiger partial charge on any atom is 0.227 e. The van der Waals surface area contributed by atoms with Crippen LogP contribution in [0.3, 0.4) is 0 Å². The highest BCUT2D eigenvalue weighted by atomic mass is 16.2. The summed E-state index contributed by atoms with van der Waals surface area (Å²) in [4.78, 5) is 14.1. The van der Waals surface area contributed by atoms with E-state index in [0.717, 1.165) is 30.6 Å². The largest absolute Gasteiger partial charge is 0.342 e. The Morgan fingerprint density at radius 2 is 1.89 bits per heavy atom. The molecule has 0 aliphatic carbocycles. The van der Waals surface area contributed by atoms with Gasteiger partial charge < -0.3 is 10.6 Å². The zero-order valence-electron chi connectivity index (χ0n) is 11.3. The number of hydrogen-bond acceptors (Lipinski definition) is 2. The van der Waals surface area contributed by atoms with E-state index >= 15 is 0 Å². The molecule has 1 saturated heterocycles. The minimum atomic E-state index is 0.237.